The first-order chi connectivity index (χ1) is 32.6. The first-order valence-corrected chi connectivity index (χ1v) is 26.4. The van der Waals surface area contributed by atoms with Crippen molar-refractivity contribution in [2.75, 3.05) is 6.54 Å². The summed E-state index contributed by atoms with van der Waals surface area (Å²) in [5, 5.41) is 19.5. The van der Waals surface area contributed by atoms with Crippen molar-refractivity contribution in [1.82, 2.24) is 42.8 Å². The quantitative estimate of drug-likeness (QED) is 0.111. The van der Waals surface area contributed by atoms with Crippen LogP contribution in [0, 0.1) is 17.8 Å². The minimum absolute atomic E-state index is 0.00968. The van der Waals surface area contributed by atoms with Crippen molar-refractivity contribution in [3.05, 3.63) is 84.0 Å². The summed E-state index contributed by atoms with van der Waals surface area (Å²) in [7, 11) is -8.16. The summed E-state index contributed by atoms with van der Waals surface area (Å²) >= 11 is 0. The second-order valence-corrected chi connectivity index (χ2v) is 24.8. The predicted octanol–water partition coefficient (Wildman–Crippen LogP) is 9.02. The van der Waals surface area contributed by atoms with Crippen molar-refractivity contribution < 1.29 is 49.1 Å². The molecule has 378 valence electrons. The number of fused-ring (bicyclic) bond motifs is 2. The van der Waals surface area contributed by atoms with E-state index in [1.54, 1.807) is 12.1 Å². The van der Waals surface area contributed by atoms with E-state index >= 15 is 0 Å². The van der Waals surface area contributed by atoms with Crippen LogP contribution in [-0.2, 0) is 44.0 Å². The van der Waals surface area contributed by atoms with E-state index in [2.05, 4.69) is 20.1 Å². The highest BCUT2D eigenvalue weighted by molar-refractivity contribution is 7.90. The van der Waals surface area contributed by atoms with Gasteiger partial charge < -0.3 is 19.6 Å². The number of carboxylic acid groups (broad SMARTS) is 1. The van der Waals surface area contributed by atoms with Crippen LogP contribution in [0.2, 0.25) is 0 Å². The van der Waals surface area contributed by atoms with Crippen LogP contribution in [0.15, 0.2) is 71.0 Å². The van der Waals surface area contributed by atoms with Gasteiger partial charge in [-0.15, -0.1) is 0 Å². The summed E-state index contributed by atoms with van der Waals surface area (Å²) in [6.45, 7) is 13.7. The Morgan fingerprint density at radius 3 is 1.41 bits per heavy atom. The van der Waals surface area contributed by atoms with E-state index in [-0.39, 0.29) is 75.2 Å². The van der Waals surface area contributed by atoms with E-state index in [1.165, 1.54) is 36.7 Å². The highest BCUT2D eigenvalue weighted by Crippen LogP contribution is 2.40. The number of nitrogens with one attached hydrogen (secondary N) is 1. The third kappa shape index (κ3) is 11.0. The average molecular weight is 1010 g/mol. The molecule has 1 amide bonds. The lowest BCUT2D eigenvalue weighted by atomic mass is 9.86. The Labute approximate surface area is 404 Å². The lowest BCUT2D eigenvalue weighted by Gasteiger charge is -2.30. The van der Waals surface area contributed by atoms with Gasteiger partial charge in [0.1, 0.15) is 11.6 Å². The van der Waals surface area contributed by atoms with Crippen LogP contribution in [0.4, 0.5) is 17.6 Å². The molecule has 3 saturated carbocycles. The number of rotatable bonds is 12. The molecule has 0 radical (unpaired) electrons. The molecule has 0 aliphatic heterocycles. The number of alkyl halides is 4. The molecular formula is C48H59F4N9O7S2. The number of nitrogens with zero attached hydrogens (tertiary/aromatic N) is 8. The lowest BCUT2D eigenvalue weighted by molar-refractivity contribution is -0.0478. The van der Waals surface area contributed by atoms with Gasteiger partial charge in [-0.25, -0.2) is 32.3 Å². The number of halogens is 4. The van der Waals surface area contributed by atoms with E-state index in [0.29, 0.717) is 66.4 Å². The second kappa shape index (κ2) is 18.5. The zero-order valence-electron chi connectivity index (χ0n) is 40.0. The van der Waals surface area contributed by atoms with Crippen molar-refractivity contribution in [3.8, 4) is 0 Å². The van der Waals surface area contributed by atoms with Crippen LogP contribution < -0.4 is 5.32 Å². The fourth-order valence-electron chi connectivity index (χ4n) is 9.11. The van der Waals surface area contributed by atoms with Crippen LogP contribution in [0.1, 0.15) is 138 Å². The minimum Gasteiger partial charge on any atom is -0.478 e. The maximum atomic E-state index is 13.7. The van der Waals surface area contributed by atoms with Crippen LogP contribution in [-0.4, -0.2) is 89.7 Å². The topological polar surface area (TPSA) is 206 Å². The van der Waals surface area contributed by atoms with Crippen molar-refractivity contribution in [2.45, 2.75) is 151 Å². The van der Waals surface area contributed by atoms with Gasteiger partial charge in [-0.3, -0.25) is 4.79 Å². The normalized spacial score (nSPS) is 18.2. The fraction of sp³-hybridized carbons (Fsp3) is 0.542. The Morgan fingerprint density at radius 1 is 0.643 bits per heavy atom. The minimum atomic E-state index is -4.11. The Balaban J connectivity index is 0.000000190. The molecule has 3 aliphatic rings. The van der Waals surface area contributed by atoms with Gasteiger partial charge in [-0.2, -0.15) is 35.2 Å². The number of carbonyl (C=O) groups excluding carboxylic acids is 1. The Bertz CT molecular complexity index is 3160. The van der Waals surface area contributed by atoms with E-state index in [0.717, 1.165) is 52.0 Å². The van der Waals surface area contributed by atoms with Crippen molar-refractivity contribution in [1.29, 1.82) is 0 Å². The Hall–Kier alpha value is -5.64. The highest BCUT2D eigenvalue weighted by atomic mass is 32.2. The van der Waals surface area contributed by atoms with E-state index in [9.17, 15) is 44.0 Å². The summed E-state index contributed by atoms with van der Waals surface area (Å²) in [4.78, 5) is 32.9. The summed E-state index contributed by atoms with van der Waals surface area (Å²) < 4.78 is 113. The van der Waals surface area contributed by atoms with Gasteiger partial charge in [-0.1, -0.05) is 41.5 Å². The number of hydrogen-bond acceptors (Lipinski definition) is 10. The molecule has 2 N–H and O–H groups in total. The van der Waals surface area contributed by atoms with Crippen LogP contribution in [0.5, 0.6) is 0 Å². The van der Waals surface area contributed by atoms with Gasteiger partial charge in [0.15, 0.2) is 0 Å². The van der Waals surface area contributed by atoms with Crippen molar-refractivity contribution in [2.24, 2.45) is 17.8 Å². The average Bonchev–Trinajstić information content (AvgIpc) is 3.66. The molecule has 0 unspecified atom stereocenters. The molecule has 0 spiro atoms. The molecule has 3 fully saturated rings. The molecule has 0 bridgehead atoms. The molecule has 9 rings (SSSR count). The van der Waals surface area contributed by atoms with Crippen LogP contribution >= 0.6 is 0 Å². The maximum Gasteiger partial charge on any atom is 0.338 e. The largest absolute Gasteiger partial charge is 0.478 e. The number of aromatic carboxylic acids is 1. The van der Waals surface area contributed by atoms with Gasteiger partial charge in [0.05, 0.1) is 67.8 Å². The van der Waals surface area contributed by atoms with Gasteiger partial charge in [0.25, 0.3) is 26.0 Å². The number of carbonyl (C=O) groups is 2. The zero-order chi connectivity index (χ0) is 50.8. The first-order valence-electron chi connectivity index (χ1n) is 23.5. The van der Waals surface area contributed by atoms with Crippen molar-refractivity contribution in [3.63, 3.8) is 0 Å². The summed E-state index contributed by atoms with van der Waals surface area (Å²) in [6, 6.07) is 9.26. The van der Waals surface area contributed by atoms with E-state index < -0.39 is 37.9 Å². The van der Waals surface area contributed by atoms with Gasteiger partial charge in [0.2, 0.25) is 11.8 Å². The summed E-state index contributed by atoms with van der Waals surface area (Å²) in [6.07, 6.45) is 7.85. The molecule has 3 aliphatic carbocycles. The number of carboxylic acids is 1. The third-order valence-corrected chi connectivity index (χ3v) is 16.4. The number of hydrogen-bond donors (Lipinski definition) is 2. The van der Waals surface area contributed by atoms with Gasteiger partial charge >= 0.3 is 5.97 Å². The van der Waals surface area contributed by atoms with E-state index in [4.69, 9.17) is 15.1 Å². The Morgan fingerprint density at radius 2 is 1.04 bits per heavy atom. The van der Waals surface area contributed by atoms with Crippen LogP contribution in [0.25, 0.3) is 22.1 Å². The standard InChI is InChI=1S/C26H33F2N5O3S.C22H26F2N4O4S/c1-25(2,3)24-31-21-12-20(6-7-22(21)32(24)15-18-8-10-26(27,28)11-9-18)37(35,36)33-16-19(14-30-33)23(34)29-13-17-4-5-17;1-21(2,3)20-26-17-10-16(33(31,32)28-13-15(11-25-28)19(29)30)4-5-18(17)27(20)12-14-6-8-22(23,24)9-7-14/h6-7,12,14,16-18H,4-5,8-11,13,15H2,1-3H3,(H,29,34);4-5,10-11,13-14H,6-9,12H2,1-3H3,(H,29,30). The molecule has 0 saturated heterocycles. The number of amides is 1. The SMILES string of the molecule is CC(C)(C)c1nc2cc(S(=O)(=O)n3cc(C(=O)NCC4CC4)cn3)ccc2n1CC1CCC(F)(F)CC1.CC(C)(C)c1nc2cc(S(=O)(=O)n3cc(C(=O)O)cn3)ccc2n1CC1CCC(F)(F)CC1. The fourth-order valence-corrected chi connectivity index (χ4v) is 11.4. The molecule has 22 heteroatoms. The van der Waals surface area contributed by atoms with E-state index in [1.807, 2.05) is 46.1 Å². The van der Waals surface area contributed by atoms with Crippen LogP contribution in [0.3, 0.4) is 0 Å². The Kier molecular flexibility index (Phi) is 13.4. The van der Waals surface area contributed by atoms with Gasteiger partial charge in [-0.05, 0) is 92.7 Å². The smallest absolute Gasteiger partial charge is 0.338 e. The first kappa shape index (κ1) is 50.7. The molecule has 2 aromatic carbocycles. The number of benzene rings is 2. The lowest BCUT2D eigenvalue weighted by Crippen LogP contribution is -2.28. The predicted molar refractivity (Wildman–Crippen MR) is 252 cm³/mol. The summed E-state index contributed by atoms with van der Waals surface area (Å²) in [5.74, 6) is -4.59. The third-order valence-electron chi connectivity index (χ3n) is 13.3. The number of aromatic nitrogens is 8. The molecule has 70 heavy (non-hydrogen) atoms. The monoisotopic (exact) mass is 1010 g/mol. The molecule has 6 aromatic rings. The molecular weight excluding hydrogens is 955 g/mol. The second-order valence-electron chi connectivity index (χ2n) is 21.2. The molecule has 0 atom stereocenters. The molecule has 16 nitrogen and oxygen atoms in total. The maximum absolute atomic E-state index is 13.7. The zero-order valence-corrected chi connectivity index (χ0v) is 41.6. The van der Waals surface area contributed by atoms with Crippen molar-refractivity contribution >= 4 is 54.0 Å². The number of imidazole rings is 2. The molecule has 4 heterocycles. The summed E-state index contributed by atoms with van der Waals surface area (Å²) in [5.41, 5.74) is 1.73. The highest BCUT2D eigenvalue weighted by Gasteiger charge is 2.38. The van der Waals surface area contributed by atoms with Gasteiger partial charge in [0, 0.05) is 56.1 Å². The molecule has 4 aromatic heterocycles.